The summed E-state index contributed by atoms with van der Waals surface area (Å²) in [7, 11) is 0. The van der Waals surface area contributed by atoms with Crippen LogP contribution in [0.4, 0.5) is 0 Å². The second kappa shape index (κ2) is 8.85. The molecule has 0 amide bonds. The van der Waals surface area contributed by atoms with Crippen LogP contribution in [-0.2, 0) is 6.42 Å². The lowest BCUT2D eigenvalue weighted by molar-refractivity contribution is 1.20. The smallest absolute Gasteiger partial charge is 0.00135 e. The molecule has 0 aliphatic rings. The minimum absolute atomic E-state index is 0.904. The van der Waals surface area contributed by atoms with Gasteiger partial charge in [-0.15, -0.1) is 0 Å². The zero-order chi connectivity index (χ0) is 20.9. The number of benzene rings is 5. The van der Waals surface area contributed by atoms with E-state index in [9.17, 15) is 0 Å². The molecule has 0 N–H and O–H groups in total. The third-order valence-electron chi connectivity index (χ3n) is 5.80. The first-order valence-corrected chi connectivity index (χ1v) is 10.8. The van der Waals surface area contributed by atoms with E-state index in [4.69, 9.17) is 0 Å². The van der Waals surface area contributed by atoms with Gasteiger partial charge in [-0.25, -0.2) is 0 Å². The van der Waals surface area contributed by atoms with Gasteiger partial charge in [0, 0.05) is 0 Å². The van der Waals surface area contributed by atoms with Crippen molar-refractivity contribution in [2.75, 3.05) is 0 Å². The maximum Gasteiger partial charge on any atom is -0.00135 e. The zero-order valence-electron chi connectivity index (χ0n) is 17.4. The van der Waals surface area contributed by atoms with Crippen molar-refractivity contribution in [2.45, 2.75) is 6.42 Å². The Morgan fingerprint density at radius 1 is 0.290 bits per heavy atom. The van der Waals surface area contributed by atoms with Gasteiger partial charge in [0.2, 0.25) is 0 Å². The predicted molar refractivity (Wildman–Crippen MR) is 132 cm³/mol. The van der Waals surface area contributed by atoms with Gasteiger partial charge < -0.3 is 0 Å². The summed E-state index contributed by atoms with van der Waals surface area (Å²) in [5.74, 6) is 0. The van der Waals surface area contributed by atoms with Crippen molar-refractivity contribution in [1.82, 2.24) is 0 Å². The summed E-state index contributed by atoms with van der Waals surface area (Å²) < 4.78 is 0. The van der Waals surface area contributed by atoms with Crippen molar-refractivity contribution in [2.24, 2.45) is 0 Å². The van der Waals surface area contributed by atoms with Crippen LogP contribution in [0.1, 0.15) is 11.1 Å². The molecule has 0 fully saturated rings. The highest BCUT2D eigenvalue weighted by atomic mass is 14.1. The average molecular weight is 397 g/mol. The fraction of sp³-hybridized carbons (Fsp3) is 0.0323. The van der Waals surface area contributed by atoms with Gasteiger partial charge in [-0.05, 0) is 50.9 Å². The molecule has 0 unspecified atom stereocenters. The first-order chi connectivity index (χ1) is 15.4. The van der Waals surface area contributed by atoms with Crippen LogP contribution in [0.3, 0.4) is 0 Å². The fourth-order valence-corrected chi connectivity index (χ4v) is 4.21. The van der Waals surface area contributed by atoms with E-state index >= 15 is 0 Å². The van der Waals surface area contributed by atoms with Crippen LogP contribution in [0.5, 0.6) is 0 Å². The Balaban J connectivity index is 1.49. The highest BCUT2D eigenvalue weighted by molar-refractivity contribution is 5.74. The Kier molecular flexibility index (Phi) is 5.45. The molecule has 5 rings (SSSR count). The van der Waals surface area contributed by atoms with E-state index in [1.165, 1.54) is 44.5 Å². The summed E-state index contributed by atoms with van der Waals surface area (Å²) in [6.07, 6.45) is 0.904. The highest BCUT2D eigenvalue weighted by Crippen LogP contribution is 2.31. The van der Waals surface area contributed by atoms with Gasteiger partial charge in [0.05, 0.1) is 0 Å². The summed E-state index contributed by atoms with van der Waals surface area (Å²) in [6, 6.07) is 47.6. The summed E-state index contributed by atoms with van der Waals surface area (Å²) in [5, 5.41) is 0. The van der Waals surface area contributed by atoms with Crippen LogP contribution in [0.25, 0.3) is 33.4 Å². The molecule has 148 valence electrons. The van der Waals surface area contributed by atoms with Crippen LogP contribution < -0.4 is 0 Å². The van der Waals surface area contributed by atoms with E-state index in [-0.39, 0.29) is 0 Å². The third kappa shape index (κ3) is 4.20. The fourth-order valence-electron chi connectivity index (χ4n) is 4.21. The van der Waals surface area contributed by atoms with Crippen LogP contribution >= 0.6 is 0 Å². The topological polar surface area (TPSA) is 0 Å². The summed E-state index contributed by atoms with van der Waals surface area (Å²) in [5.41, 5.74) is 10.3. The predicted octanol–water partition coefficient (Wildman–Crippen LogP) is 8.28. The molecular weight excluding hydrogens is 372 g/mol. The monoisotopic (exact) mass is 396 g/mol. The first-order valence-electron chi connectivity index (χ1n) is 10.8. The Labute approximate surface area is 184 Å². The zero-order valence-corrected chi connectivity index (χ0v) is 17.4. The lowest BCUT2D eigenvalue weighted by Crippen LogP contribution is -1.95. The molecule has 0 aliphatic heterocycles. The molecule has 0 saturated carbocycles. The SMILES string of the molecule is c1ccc(-c2ccc(-c3ccccc3Cc3ccccc3-c3ccccc3)cc2)cc1. The normalized spacial score (nSPS) is 10.7. The van der Waals surface area contributed by atoms with Gasteiger partial charge in [-0.1, -0.05) is 133 Å². The van der Waals surface area contributed by atoms with Crippen molar-refractivity contribution in [3.63, 3.8) is 0 Å². The molecule has 0 radical (unpaired) electrons. The molecule has 5 aromatic carbocycles. The molecule has 0 heteroatoms. The lowest BCUT2D eigenvalue weighted by atomic mass is 9.90. The van der Waals surface area contributed by atoms with E-state index in [1.807, 2.05) is 0 Å². The molecule has 31 heavy (non-hydrogen) atoms. The van der Waals surface area contributed by atoms with Gasteiger partial charge in [0.1, 0.15) is 0 Å². The molecular formula is C31H24. The van der Waals surface area contributed by atoms with Gasteiger partial charge in [0.15, 0.2) is 0 Å². The van der Waals surface area contributed by atoms with Crippen molar-refractivity contribution < 1.29 is 0 Å². The van der Waals surface area contributed by atoms with E-state index in [0.717, 1.165) is 6.42 Å². The van der Waals surface area contributed by atoms with Crippen LogP contribution in [0, 0.1) is 0 Å². The number of hydrogen-bond donors (Lipinski definition) is 0. The average Bonchev–Trinajstić information content (AvgIpc) is 2.86. The van der Waals surface area contributed by atoms with E-state index in [1.54, 1.807) is 0 Å². The van der Waals surface area contributed by atoms with Crippen LogP contribution in [0.2, 0.25) is 0 Å². The van der Waals surface area contributed by atoms with E-state index in [0.29, 0.717) is 0 Å². The molecule has 0 aliphatic carbocycles. The minimum Gasteiger partial charge on any atom is -0.0622 e. The van der Waals surface area contributed by atoms with Crippen molar-refractivity contribution in [3.8, 4) is 33.4 Å². The summed E-state index contributed by atoms with van der Waals surface area (Å²) >= 11 is 0. The van der Waals surface area contributed by atoms with E-state index in [2.05, 4.69) is 133 Å². The first kappa shape index (κ1) is 19.1. The maximum atomic E-state index is 2.25. The maximum absolute atomic E-state index is 2.25. The Morgan fingerprint density at radius 3 is 1.19 bits per heavy atom. The summed E-state index contributed by atoms with van der Waals surface area (Å²) in [4.78, 5) is 0. The molecule has 0 atom stereocenters. The number of hydrogen-bond acceptors (Lipinski definition) is 0. The van der Waals surface area contributed by atoms with Gasteiger partial charge in [0.25, 0.3) is 0 Å². The quantitative estimate of drug-likeness (QED) is 0.280. The standard InChI is InChI=1S/C31H24/c1-3-11-24(12-4-1)25-19-21-27(22-20-25)31-18-10-8-16-29(31)23-28-15-7-9-17-30(28)26-13-5-2-6-14-26/h1-22H,23H2. The molecule has 5 aromatic rings. The minimum atomic E-state index is 0.904. The Morgan fingerprint density at radius 2 is 0.645 bits per heavy atom. The Bertz CT molecular complexity index is 1270. The third-order valence-corrected chi connectivity index (χ3v) is 5.80. The lowest BCUT2D eigenvalue weighted by Gasteiger charge is -2.14. The molecule has 0 aromatic heterocycles. The second-order valence-corrected chi connectivity index (χ2v) is 7.80. The van der Waals surface area contributed by atoms with Crippen molar-refractivity contribution in [1.29, 1.82) is 0 Å². The van der Waals surface area contributed by atoms with E-state index < -0.39 is 0 Å². The molecule has 0 saturated heterocycles. The second-order valence-electron chi connectivity index (χ2n) is 7.80. The van der Waals surface area contributed by atoms with Crippen molar-refractivity contribution >= 4 is 0 Å². The van der Waals surface area contributed by atoms with Gasteiger partial charge >= 0.3 is 0 Å². The highest BCUT2D eigenvalue weighted by Gasteiger charge is 2.10. The Hall–Kier alpha value is -3.90. The van der Waals surface area contributed by atoms with Crippen LogP contribution in [0.15, 0.2) is 133 Å². The molecule has 0 bridgehead atoms. The van der Waals surface area contributed by atoms with Crippen LogP contribution in [-0.4, -0.2) is 0 Å². The molecule has 0 nitrogen and oxygen atoms in total. The molecule has 0 heterocycles. The van der Waals surface area contributed by atoms with Gasteiger partial charge in [-0.3, -0.25) is 0 Å². The number of rotatable bonds is 5. The molecule has 0 spiro atoms. The summed E-state index contributed by atoms with van der Waals surface area (Å²) in [6.45, 7) is 0. The largest absolute Gasteiger partial charge is 0.0622 e. The van der Waals surface area contributed by atoms with Gasteiger partial charge in [-0.2, -0.15) is 0 Å². The van der Waals surface area contributed by atoms with Crippen molar-refractivity contribution in [3.05, 3.63) is 145 Å².